The summed E-state index contributed by atoms with van der Waals surface area (Å²) in [5.41, 5.74) is 0. The van der Waals surface area contributed by atoms with Crippen molar-refractivity contribution in [2.24, 2.45) is 0 Å². The fourth-order valence-corrected chi connectivity index (χ4v) is 3.56. The monoisotopic (exact) mass is 382 g/mol. The molecule has 0 spiro atoms. The molecule has 1 aromatic heterocycles. The summed E-state index contributed by atoms with van der Waals surface area (Å²) in [6, 6.07) is 1.45. The van der Waals surface area contributed by atoms with Gasteiger partial charge < -0.3 is 10.4 Å². The Hall–Kier alpha value is -0.630. The van der Waals surface area contributed by atoms with Gasteiger partial charge in [0, 0.05) is 14.7 Å². The molecule has 20 heavy (non-hydrogen) atoms. The number of rotatable bonds is 5. The van der Waals surface area contributed by atoms with Crippen LogP contribution in [-0.4, -0.2) is 41.0 Å². The molecule has 1 amide bonds. The molecule has 1 unspecified atom stereocenters. The van der Waals surface area contributed by atoms with Crippen molar-refractivity contribution in [2.45, 2.75) is 25.4 Å². The molecule has 0 radical (unpaired) electrons. The third-order valence-corrected chi connectivity index (χ3v) is 4.77. The number of carboxylic acids is 1. The maximum Gasteiger partial charge on any atom is 0.320 e. The van der Waals surface area contributed by atoms with Gasteiger partial charge in [0.1, 0.15) is 6.04 Å². The van der Waals surface area contributed by atoms with Crippen LogP contribution in [0.15, 0.2) is 15.9 Å². The predicted molar refractivity (Wildman–Crippen MR) is 83.3 cm³/mol. The molecular weight excluding hydrogens is 368 g/mol. The number of hydrogen-bond donors (Lipinski definition) is 2. The molecule has 1 atom stereocenters. The fraction of sp³-hybridized carbons (Fsp3) is 0.500. The van der Waals surface area contributed by atoms with Crippen LogP contribution in [0.25, 0.3) is 0 Å². The van der Waals surface area contributed by atoms with E-state index in [9.17, 15) is 9.59 Å². The minimum atomic E-state index is -0.840. The minimum Gasteiger partial charge on any atom is -0.480 e. The van der Waals surface area contributed by atoms with Crippen LogP contribution < -0.4 is 5.32 Å². The normalized spacial score (nSPS) is 18.6. The van der Waals surface area contributed by atoms with Crippen LogP contribution in [0, 0.1) is 0 Å². The first kappa shape index (κ1) is 17.4. The number of nitrogens with one attached hydrogen (secondary N) is 1. The van der Waals surface area contributed by atoms with E-state index in [1.807, 2.05) is 11.4 Å². The van der Waals surface area contributed by atoms with Gasteiger partial charge in [0.05, 0.1) is 13.1 Å². The van der Waals surface area contributed by atoms with Crippen LogP contribution in [0.2, 0.25) is 0 Å². The van der Waals surface area contributed by atoms with E-state index in [0.717, 1.165) is 15.8 Å². The number of likely N-dealkylation sites (tertiary alicyclic amines) is 1. The minimum absolute atomic E-state index is 0. The van der Waals surface area contributed by atoms with Crippen LogP contribution >= 0.6 is 39.7 Å². The molecule has 0 aliphatic carbocycles. The lowest BCUT2D eigenvalue weighted by Gasteiger charge is -2.20. The van der Waals surface area contributed by atoms with Crippen molar-refractivity contribution in [3.8, 4) is 0 Å². The topological polar surface area (TPSA) is 69.6 Å². The van der Waals surface area contributed by atoms with Gasteiger partial charge in [-0.05, 0) is 41.4 Å². The van der Waals surface area contributed by atoms with Crippen molar-refractivity contribution >= 4 is 51.6 Å². The summed E-state index contributed by atoms with van der Waals surface area (Å²) in [6.45, 7) is 1.32. The SMILES string of the molecule is Cl.O=C(CN1CCCC1C(=O)O)NCc1cc(Br)cs1. The molecular formula is C12H16BrClN2O3S. The zero-order chi connectivity index (χ0) is 13.8. The average Bonchev–Trinajstić information content (AvgIpc) is 2.95. The van der Waals surface area contributed by atoms with E-state index in [4.69, 9.17) is 5.11 Å². The highest BCUT2D eigenvalue weighted by Crippen LogP contribution is 2.19. The Morgan fingerprint density at radius 2 is 2.30 bits per heavy atom. The third kappa shape index (κ3) is 4.73. The quantitative estimate of drug-likeness (QED) is 0.817. The highest BCUT2D eigenvalue weighted by molar-refractivity contribution is 9.10. The molecule has 5 nitrogen and oxygen atoms in total. The lowest BCUT2D eigenvalue weighted by molar-refractivity contribution is -0.142. The van der Waals surface area contributed by atoms with Crippen LogP contribution in [0.1, 0.15) is 17.7 Å². The Balaban J connectivity index is 0.00000200. The largest absolute Gasteiger partial charge is 0.480 e. The molecule has 0 bridgehead atoms. The van der Waals surface area contributed by atoms with Gasteiger partial charge in [0.2, 0.25) is 5.91 Å². The van der Waals surface area contributed by atoms with Gasteiger partial charge in [-0.25, -0.2) is 0 Å². The number of nitrogens with zero attached hydrogens (tertiary/aromatic N) is 1. The molecule has 2 N–H and O–H groups in total. The van der Waals surface area contributed by atoms with E-state index in [-0.39, 0.29) is 24.9 Å². The maximum absolute atomic E-state index is 11.8. The summed E-state index contributed by atoms with van der Waals surface area (Å²) in [5.74, 6) is -0.967. The fourth-order valence-electron chi connectivity index (χ4n) is 2.17. The molecule has 1 saturated heterocycles. The highest BCUT2D eigenvalue weighted by Gasteiger charge is 2.31. The summed E-state index contributed by atoms with van der Waals surface area (Å²) in [4.78, 5) is 25.6. The predicted octanol–water partition coefficient (Wildman–Crippen LogP) is 2.10. The molecule has 1 aromatic rings. The highest BCUT2D eigenvalue weighted by atomic mass is 79.9. The molecule has 8 heteroatoms. The lowest BCUT2D eigenvalue weighted by atomic mass is 10.2. The van der Waals surface area contributed by atoms with Crippen molar-refractivity contribution in [2.75, 3.05) is 13.1 Å². The first-order valence-corrected chi connectivity index (χ1v) is 7.70. The van der Waals surface area contributed by atoms with E-state index < -0.39 is 12.0 Å². The molecule has 0 saturated carbocycles. The summed E-state index contributed by atoms with van der Waals surface area (Å²) in [7, 11) is 0. The molecule has 0 aromatic carbocycles. The molecule has 1 fully saturated rings. The molecule has 1 aliphatic heterocycles. The molecule has 112 valence electrons. The number of carbonyl (C=O) groups excluding carboxylic acids is 1. The zero-order valence-electron chi connectivity index (χ0n) is 10.7. The van der Waals surface area contributed by atoms with Crippen LogP contribution in [0.3, 0.4) is 0 Å². The van der Waals surface area contributed by atoms with Gasteiger partial charge in [-0.1, -0.05) is 0 Å². The van der Waals surface area contributed by atoms with Crippen molar-refractivity contribution < 1.29 is 14.7 Å². The number of carboxylic acid groups (broad SMARTS) is 1. The standard InChI is InChI=1S/C12H15BrN2O3S.ClH/c13-8-4-9(19-7-8)5-14-11(16)6-15-3-1-2-10(15)12(17)18;/h4,7,10H,1-3,5-6H2,(H,14,16)(H,17,18);1H. The summed E-state index contributed by atoms with van der Waals surface area (Å²) < 4.78 is 1.01. The van der Waals surface area contributed by atoms with E-state index in [0.29, 0.717) is 19.5 Å². The second-order valence-corrected chi connectivity index (χ2v) is 6.39. The first-order chi connectivity index (χ1) is 9.06. The van der Waals surface area contributed by atoms with E-state index >= 15 is 0 Å². The lowest BCUT2D eigenvalue weighted by Crippen LogP contribution is -2.42. The summed E-state index contributed by atoms with van der Waals surface area (Å²) >= 11 is 4.93. The Labute approximate surface area is 135 Å². The van der Waals surface area contributed by atoms with E-state index in [2.05, 4.69) is 21.2 Å². The number of halogens is 2. The van der Waals surface area contributed by atoms with Crippen LogP contribution in [-0.2, 0) is 16.1 Å². The number of aliphatic carboxylic acids is 1. The first-order valence-electron chi connectivity index (χ1n) is 6.02. The van der Waals surface area contributed by atoms with E-state index in [1.165, 1.54) is 0 Å². The third-order valence-electron chi connectivity index (χ3n) is 3.08. The van der Waals surface area contributed by atoms with Gasteiger partial charge >= 0.3 is 5.97 Å². The van der Waals surface area contributed by atoms with Crippen molar-refractivity contribution in [1.82, 2.24) is 10.2 Å². The van der Waals surface area contributed by atoms with Gasteiger partial charge in [-0.2, -0.15) is 0 Å². The number of hydrogen-bond acceptors (Lipinski definition) is 4. The van der Waals surface area contributed by atoms with Gasteiger partial charge in [-0.3, -0.25) is 14.5 Å². The Morgan fingerprint density at radius 3 is 2.90 bits per heavy atom. The molecule has 2 heterocycles. The van der Waals surface area contributed by atoms with Crippen molar-refractivity contribution in [3.05, 3.63) is 20.8 Å². The number of thiophene rings is 1. The second kappa shape index (κ2) is 7.97. The van der Waals surface area contributed by atoms with E-state index in [1.54, 1.807) is 16.2 Å². The van der Waals surface area contributed by atoms with Gasteiger partial charge in [-0.15, -0.1) is 23.7 Å². The average molecular weight is 384 g/mol. The van der Waals surface area contributed by atoms with Gasteiger partial charge in [0.15, 0.2) is 0 Å². The second-order valence-electron chi connectivity index (χ2n) is 4.47. The Morgan fingerprint density at radius 1 is 1.55 bits per heavy atom. The van der Waals surface area contributed by atoms with Crippen LogP contribution in [0.4, 0.5) is 0 Å². The summed E-state index contributed by atoms with van der Waals surface area (Å²) in [6.07, 6.45) is 1.46. The van der Waals surface area contributed by atoms with Crippen molar-refractivity contribution in [3.63, 3.8) is 0 Å². The number of amides is 1. The smallest absolute Gasteiger partial charge is 0.320 e. The van der Waals surface area contributed by atoms with Gasteiger partial charge in [0.25, 0.3) is 0 Å². The zero-order valence-corrected chi connectivity index (χ0v) is 13.9. The Kier molecular flexibility index (Phi) is 6.94. The maximum atomic E-state index is 11.8. The van der Waals surface area contributed by atoms with Crippen LogP contribution in [0.5, 0.6) is 0 Å². The molecule has 1 aliphatic rings. The number of carbonyl (C=O) groups is 2. The van der Waals surface area contributed by atoms with Crippen molar-refractivity contribution in [1.29, 1.82) is 0 Å². The Bertz CT molecular complexity index is 483. The molecule has 2 rings (SSSR count). The summed E-state index contributed by atoms with van der Waals surface area (Å²) in [5, 5.41) is 13.8.